The van der Waals surface area contributed by atoms with Crippen LogP contribution in [-0.2, 0) is 38.4 Å². The lowest BCUT2D eigenvalue weighted by Gasteiger charge is -2.37. The Hall–Kier alpha value is -3.93. The van der Waals surface area contributed by atoms with E-state index in [0.29, 0.717) is 18.7 Å². The van der Waals surface area contributed by atoms with Crippen molar-refractivity contribution in [3.8, 4) is 0 Å². The number of nitrogens with zero attached hydrogens (tertiary/aromatic N) is 5. The van der Waals surface area contributed by atoms with Crippen LogP contribution in [0.3, 0.4) is 0 Å². The predicted octanol–water partition coefficient (Wildman–Crippen LogP) is 1.60. The Balaban J connectivity index is 6.30. The van der Waals surface area contributed by atoms with Gasteiger partial charge in [-0.3, -0.25) is 38.4 Å². The molecular formula is C42H79N9O8S. The molecule has 0 saturated heterocycles. The van der Waals surface area contributed by atoms with Crippen molar-refractivity contribution in [1.82, 2.24) is 45.8 Å². The molecule has 0 radical (unpaired) electrons. The van der Waals surface area contributed by atoms with Crippen molar-refractivity contribution >= 4 is 59.0 Å². The molecule has 0 aromatic heterocycles. The van der Waals surface area contributed by atoms with Crippen molar-refractivity contribution in [3.05, 3.63) is 0 Å². The summed E-state index contributed by atoms with van der Waals surface area (Å²) in [7, 11) is 11.4. The average molecular weight is 870 g/mol. The van der Waals surface area contributed by atoms with Crippen molar-refractivity contribution in [2.75, 3.05) is 61.6 Å². The van der Waals surface area contributed by atoms with Crippen LogP contribution < -0.4 is 21.3 Å². The lowest BCUT2D eigenvalue weighted by atomic mass is 9.97. The number of nitrogens with one attached hydrogen (secondary N) is 4. The summed E-state index contributed by atoms with van der Waals surface area (Å²) >= 11 is 1.31. The van der Waals surface area contributed by atoms with E-state index in [1.165, 1.54) is 80.3 Å². The molecule has 0 bridgehead atoms. The van der Waals surface area contributed by atoms with Crippen molar-refractivity contribution in [1.29, 1.82) is 0 Å². The third-order valence-electron chi connectivity index (χ3n) is 10.3. The highest BCUT2D eigenvalue weighted by Crippen LogP contribution is 2.22. The van der Waals surface area contributed by atoms with Crippen LogP contribution in [0.1, 0.15) is 95.4 Å². The van der Waals surface area contributed by atoms with Crippen molar-refractivity contribution < 1.29 is 38.4 Å². The molecule has 0 aliphatic carbocycles. The normalized spacial score (nSPS) is 15.1. The second kappa shape index (κ2) is 26.4. The first kappa shape index (κ1) is 56.1. The summed E-state index contributed by atoms with van der Waals surface area (Å²) < 4.78 is 0. The molecule has 0 fully saturated rings. The highest BCUT2D eigenvalue weighted by Gasteiger charge is 2.39. The molecule has 0 aromatic rings. The van der Waals surface area contributed by atoms with Gasteiger partial charge in [0.1, 0.15) is 36.3 Å². The molecule has 0 rings (SSSR count). The number of hydrogen-bond donors (Lipinski definition) is 4. The summed E-state index contributed by atoms with van der Waals surface area (Å²) in [5.41, 5.74) is 0. The van der Waals surface area contributed by atoms with Crippen LogP contribution in [0.4, 0.5) is 0 Å². The van der Waals surface area contributed by atoms with E-state index >= 15 is 0 Å². The van der Waals surface area contributed by atoms with Crippen LogP contribution in [-0.4, -0.2) is 175 Å². The van der Waals surface area contributed by atoms with Gasteiger partial charge in [-0.05, 0) is 70.9 Å². The predicted molar refractivity (Wildman–Crippen MR) is 237 cm³/mol. The van der Waals surface area contributed by atoms with Gasteiger partial charge in [-0.1, -0.05) is 55.4 Å². The first-order valence-electron chi connectivity index (χ1n) is 21.0. The molecule has 346 valence electrons. The molecular weight excluding hydrogens is 791 g/mol. The van der Waals surface area contributed by atoms with Gasteiger partial charge >= 0.3 is 0 Å². The van der Waals surface area contributed by atoms with Crippen molar-refractivity contribution in [3.63, 3.8) is 0 Å². The summed E-state index contributed by atoms with van der Waals surface area (Å²) in [5, 5.41) is 9.93. The topological polar surface area (TPSA) is 201 Å². The van der Waals surface area contributed by atoms with Crippen LogP contribution in [0, 0.1) is 23.7 Å². The van der Waals surface area contributed by atoms with Gasteiger partial charge in [0.05, 0.1) is 0 Å². The molecule has 4 N–H and O–H groups in total. The fourth-order valence-electron chi connectivity index (χ4n) is 6.39. The Morgan fingerprint density at radius 3 is 1.30 bits per heavy atom. The summed E-state index contributed by atoms with van der Waals surface area (Å²) in [4.78, 5) is 115. The van der Waals surface area contributed by atoms with Crippen LogP contribution in [0.5, 0.6) is 0 Å². The summed E-state index contributed by atoms with van der Waals surface area (Å²) in [6, 6.07) is -5.92. The average Bonchev–Trinajstić information content (AvgIpc) is 3.15. The molecule has 0 aliphatic rings. The molecule has 0 heterocycles. The number of rotatable bonds is 25. The summed E-state index contributed by atoms with van der Waals surface area (Å²) in [6.45, 7) is 20.1. The zero-order valence-electron chi connectivity index (χ0n) is 39.8. The first-order valence-corrected chi connectivity index (χ1v) is 22.1. The fourth-order valence-corrected chi connectivity index (χ4v) is 7.76. The van der Waals surface area contributed by atoms with Gasteiger partial charge in [-0.2, -0.15) is 0 Å². The van der Waals surface area contributed by atoms with Crippen LogP contribution in [0.25, 0.3) is 0 Å². The van der Waals surface area contributed by atoms with Crippen molar-refractivity contribution in [2.45, 2.75) is 137 Å². The van der Waals surface area contributed by atoms with E-state index in [4.69, 9.17) is 0 Å². The van der Waals surface area contributed by atoms with Gasteiger partial charge in [0.15, 0.2) is 5.37 Å². The Morgan fingerprint density at radius 1 is 0.500 bits per heavy atom. The molecule has 8 amide bonds. The van der Waals surface area contributed by atoms with Crippen LogP contribution in [0.15, 0.2) is 0 Å². The highest BCUT2D eigenvalue weighted by molar-refractivity contribution is 8.00. The maximum atomic E-state index is 14.3. The van der Waals surface area contributed by atoms with E-state index in [1.807, 2.05) is 60.5 Å². The van der Waals surface area contributed by atoms with E-state index in [9.17, 15) is 38.4 Å². The van der Waals surface area contributed by atoms with Gasteiger partial charge in [0.25, 0.3) is 5.91 Å². The van der Waals surface area contributed by atoms with E-state index < -0.39 is 83.0 Å². The lowest BCUT2D eigenvalue weighted by molar-refractivity contribution is -0.147. The molecule has 0 saturated carbocycles. The maximum Gasteiger partial charge on any atom is 0.256 e. The molecule has 0 unspecified atom stereocenters. The zero-order valence-corrected chi connectivity index (χ0v) is 40.6. The second-order valence-electron chi connectivity index (χ2n) is 17.7. The van der Waals surface area contributed by atoms with E-state index in [0.717, 1.165) is 0 Å². The van der Waals surface area contributed by atoms with Gasteiger partial charge < -0.3 is 45.8 Å². The van der Waals surface area contributed by atoms with Gasteiger partial charge in [-0.25, -0.2) is 0 Å². The second-order valence-corrected chi connectivity index (χ2v) is 18.9. The number of hydrogen-bond acceptors (Lipinski definition) is 10. The summed E-state index contributed by atoms with van der Waals surface area (Å²) in [5.74, 6) is -3.61. The quantitative estimate of drug-likeness (QED) is 0.0978. The molecule has 18 heteroatoms. The molecule has 60 heavy (non-hydrogen) atoms. The summed E-state index contributed by atoms with van der Waals surface area (Å²) in [6.07, 6.45) is 0.945. The van der Waals surface area contributed by atoms with Crippen molar-refractivity contribution in [2.24, 2.45) is 23.7 Å². The minimum absolute atomic E-state index is 0.0121. The standard InChI is InChI=1S/C42H79N9O8S/c1-24(2)21-31(36(54)43-12)49(16)39(57)29(10)45-35(53)28(9)44-37(55)32(22-25(3)4)50(17)40(58)34(27(7)8)46-38(56)33(23-26(5)6)51(18)41(59)42(48(15)30(11)52)60-20-19-47(13)14/h24-29,31-34,42H,19-23H2,1-18H3,(H,43,54)(H,44,55)(H,45,53)(H,46,56)/t28-,29-,31+,32+,33+,34+,42-/m1/s1. The SMILES string of the molecule is CNC(=O)[C@H](CC(C)C)N(C)C(=O)[C@@H](C)NC(=O)[C@@H](C)NC(=O)[C@H](CC(C)C)N(C)C(=O)[C@@H](NC(=O)[C@H](CC(C)C)N(C)C(=O)[C@@H](SCCN(C)C)N(C)C(C)=O)C(C)C. The molecule has 0 aromatic carbocycles. The van der Waals surface area contributed by atoms with Gasteiger partial charge in [0, 0.05) is 54.5 Å². The number of amides is 8. The minimum Gasteiger partial charge on any atom is -0.357 e. The number of carbonyl (C=O) groups excluding carboxylic acids is 8. The smallest absolute Gasteiger partial charge is 0.256 e. The van der Waals surface area contributed by atoms with E-state index in [1.54, 1.807) is 20.9 Å². The third-order valence-corrected chi connectivity index (χ3v) is 11.5. The minimum atomic E-state index is -1.10. The highest BCUT2D eigenvalue weighted by atomic mass is 32.2. The zero-order chi connectivity index (χ0) is 46.9. The molecule has 0 spiro atoms. The Kier molecular flexibility index (Phi) is 24.7. The van der Waals surface area contributed by atoms with Crippen LogP contribution >= 0.6 is 11.8 Å². The molecule has 0 aliphatic heterocycles. The van der Waals surface area contributed by atoms with E-state index in [2.05, 4.69) is 21.3 Å². The van der Waals surface area contributed by atoms with Crippen LogP contribution in [0.2, 0.25) is 0 Å². The monoisotopic (exact) mass is 870 g/mol. The largest absolute Gasteiger partial charge is 0.357 e. The Morgan fingerprint density at radius 2 is 0.900 bits per heavy atom. The number of carbonyl (C=O) groups is 8. The van der Waals surface area contributed by atoms with Gasteiger partial charge in [-0.15, -0.1) is 11.8 Å². The fraction of sp³-hybridized carbons (Fsp3) is 0.810. The number of thioether (sulfide) groups is 1. The Labute approximate surface area is 364 Å². The molecule has 7 atom stereocenters. The maximum absolute atomic E-state index is 14.3. The van der Waals surface area contributed by atoms with E-state index in [-0.39, 0.29) is 42.4 Å². The molecule has 17 nitrogen and oxygen atoms in total. The lowest BCUT2D eigenvalue weighted by Crippen LogP contribution is -2.61. The first-order chi connectivity index (χ1) is 27.6. The third kappa shape index (κ3) is 18.0. The van der Waals surface area contributed by atoms with Gasteiger partial charge in [0.2, 0.25) is 41.4 Å². The Bertz CT molecular complexity index is 1460. The number of likely N-dealkylation sites (N-methyl/N-ethyl adjacent to an activating group) is 5.